The van der Waals surface area contributed by atoms with Crippen molar-refractivity contribution in [2.75, 3.05) is 7.11 Å². The van der Waals surface area contributed by atoms with Gasteiger partial charge in [0.25, 0.3) is 0 Å². The summed E-state index contributed by atoms with van der Waals surface area (Å²) < 4.78 is 7.48. The van der Waals surface area contributed by atoms with E-state index in [9.17, 15) is 0 Å². The van der Waals surface area contributed by atoms with Crippen molar-refractivity contribution in [3.05, 3.63) is 54.4 Å². The van der Waals surface area contributed by atoms with Gasteiger partial charge < -0.3 is 9.30 Å². The molecule has 0 radical (unpaired) electrons. The Labute approximate surface area is 90.1 Å². The third kappa shape index (κ3) is 2.40. The molecule has 0 unspecified atom stereocenters. The molecule has 0 atom stereocenters. The SMILES string of the molecule is COc1ccccc1CCn1cccc1. The molecule has 2 rings (SSSR count). The number of rotatable bonds is 4. The first-order valence-corrected chi connectivity index (χ1v) is 5.13. The number of ether oxygens (including phenoxy) is 1. The van der Waals surface area contributed by atoms with Crippen LogP contribution in [0.3, 0.4) is 0 Å². The minimum Gasteiger partial charge on any atom is -0.496 e. The summed E-state index contributed by atoms with van der Waals surface area (Å²) in [6.07, 6.45) is 5.16. The number of aryl methyl sites for hydroxylation is 2. The van der Waals surface area contributed by atoms with Crippen LogP contribution in [0.4, 0.5) is 0 Å². The van der Waals surface area contributed by atoms with Crippen molar-refractivity contribution in [1.82, 2.24) is 4.57 Å². The van der Waals surface area contributed by atoms with Gasteiger partial charge in [0.15, 0.2) is 0 Å². The monoisotopic (exact) mass is 201 g/mol. The van der Waals surface area contributed by atoms with E-state index in [1.165, 1.54) is 5.56 Å². The van der Waals surface area contributed by atoms with Crippen LogP contribution in [0.25, 0.3) is 0 Å². The van der Waals surface area contributed by atoms with Crippen molar-refractivity contribution >= 4 is 0 Å². The lowest BCUT2D eigenvalue weighted by atomic mass is 10.1. The summed E-state index contributed by atoms with van der Waals surface area (Å²) in [5.41, 5.74) is 1.26. The lowest BCUT2D eigenvalue weighted by Gasteiger charge is -2.08. The van der Waals surface area contributed by atoms with Crippen LogP contribution in [0, 0.1) is 0 Å². The first kappa shape index (κ1) is 9.84. The van der Waals surface area contributed by atoms with Crippen molar-refractivity contribution in [3.63, 3.8) is 0 Å². The van der Waals surface area contributed by atoms with Crippen LogP contribution in [0.15, 0.2) is 48.8 Å². The number of hydrogen-bond acceptors (Lipinski definition) is 1. The highest BCUT2D eigenvalue weighted by molar-refractivity contribution is 5.33. The maximum atomic E-state index is 5.31. The molecule has 0 spiro atoms. The van der Waals surface area contributed by atoms with Gasteiger partial charge in [-0.1, -0.05) is 18.2 Å². The molecule has 0 aliphatic rings. The maximum absolute atomic E-state index is 5.31. The molecule has 0 amide bonds. The summed E-state index contributed by atoms with van der Waals surface area (Å²) in [7, 11) is 1.72. The summed E-state index contributed by atoms with van der Waals surface area (Å²) in [5.74, 6) is 0.977. The van der Waals surface area contributed by atoms with E-state index in [0.717, 1.165) is 18.7 Å². The van der Waals surface area contributed by atoms with Gasteiger partial charge in [-0.25, -0.2) is 0 Å². The first-order chi connectivity index (χ1) is 7.40. The highest BCUT2D eigenvalue weighted by Crippen LogP contribution is 2.18. The highest BCUT2D eigenvalue weighted by Gasteiger charge is 2.00. The summed E-state index contributed by atoms with van der Waals surface area (Å²) in [6.45, 7) is 0.993. The number of benzene rings is 1. The molecule has 2 aromatic rings. The van der Waals surface area contributed by atoms with Crippen LogP contribution < -0.4 is 4.74 Å². The van der Waals surface area contributed by atoms with E-state index in [-0.39, 0.29) is 0 Å². The van der Waals surface area contributed by atoms with Gasteiger partial charge in [0.1, 0.15) is 5.75 Å². The van der Waals surface area contributed by atoms with E-state index in [2.05, 4.69) is 23.0 Å². The Balaban J connectivity index is 2.04. The molecular formula is C13H15NO. The van der Waals surface area contributed by atoms with Gasteiger partial charge in [-0.15, -0.1) is 0 Å². The number of para-hydroxylation sites is 1. The van der Waals surface area contributed by atoms with Crippen LogP contribution in [-0.4, -0.2) is 11.7 Å². The Morgan fingerprint density at radius 2 is 1.80 bits per heavy atom. The molecule has 1 aromatic heterocycles. The molecule has 0 saturated carbocycles. The smallest absolute Gasteiger partial charge is 0.122 e. The second-order valence-electron chi connectivity index (χ2n) is 3.48. The lowest BCUT2D eigenvalue weighted by molar-refractivity contribution is 0.408. The quantitative estimate of drug-likeness (QED) is 0.742. The van der Waals surface area contributed by atoms with Crippen molar-refractivity contribution in [2.24, 2.45) is 0 Å². The molecule has 15 heavy (non-hydrogen) atoms. The topological polar surface area (TPSA) is 14.2 Å². The third-order valence-corrected chi connectivity index (χ3v) is 2.50. The number of nitrogens with zero attached hydrogens (tertiary/aromatic N) is 1. The van der Waals surface area contributed by atoms with Crippen molar-refractivity contribution < 1.29 is 4.74 Å². The van der Waals surface area contributed by atoms with E-state index in [4.69, 9.17) is 4.74 Å². The fraction of sp³-hybridized carbons (Fsp3) is 0.231. The summed E-state index contributed by atoms with van der Waals surface area (Å²) in [6, 6.07) is 12.3. The predicted octanol–water partition coefficient (Wildman–Crippen LogP) is 2.74. The zero-order chi connectivity index (χ0) is 10.5. The minimum absolute atomic E-state index is 0.977. The van der Waals surface area contributed by atoms with Gasteiger partial charge >= 0.3 is 0 Å². The molecular weight excluding hydrogens is 186 g/mol. The zero-order valence-corrected chi connectivity index (χ0v) is 8.89. The Bertz CT molecular complexity index is 406. The highest BCUT2D eigenvalue weighted by atomic mass is 16.5. The van der Waals surface area contributed by atoms with Crippen LogP contribution in [-0.2, 0) is 13.0 Å². The molecule has 0 aliphatic heterocycles. The second kappa shape index (κ2) is 4.69. The molecule has 0 saturated heterocycles. The van der Waals surface area contributed by atoms with E-state index in [1.54, 1.807) is 7.11 Å². The summed E-state index contributed by atoms with van der Waals surface area (Å²) in [4.78, 5) is 0. The Morgan fingerprint density at radius 1 is 1.07 bits per heavy atom. The van der Waals surface area contributed by atoms with Crippen LogP contribution >= 0.6 is 0 Å². The average molecular weight is 201 g/mol. The van der Waals surface area contributed by atoms with Crippen molar-refractivity contribution in [1.29, 1.82) is 0 Å². The minimum atomic E-state index is 0.977. The van der Waals surface area contributed by atoms with E-state index < -0.39 is 0 Å². The Hall–Kier alpha value is -1.70. The molecule has 2 nitrogen and oxygen atoms in total. The fourth-order valence-corrected chi connectivity index (χ4v) is 1.68. The molecule has 0 aliphatic carbocycles. The molecule has 0 N–H and O–H groups in total. The number of aromatic nitrogens is 1. The van der Waals surface area contributed by atoms with Gasteiger partial charge in [-0.2, -0.15) is 0 Å². The first-order valence-electron chi connectivity index (χ1n) is 5.13. The normalized spacial score (nSPS) is 10.2. The zero-order valence-electron chi connectivity index (χ0n) is 8.89. The predicted molar refractivity (Wildman–Crippen MR) is 61.1 cm³/mol. The van der Waals surface area contributed by atoms with E-state index in [0.29, 0.717) is 0 Å². The van der Waals surface area contributed by atoms with Gasteiger partial charge in [0, 0.05) is 18.9 Å². The molecule has 78 valence electrons. The van der Waals surface area contributed by atoms with Gasteiger partial charge in [-0.05, 0) is 30.2 Å². The number of hydrogen-bond donors (Lipinski definition) is 0. The van der Waals surface area contributed by atoms with E-state index in [1.807, 2.05) is 30.3 Å². The van der Waals surface area contributed by atoms with Crippen LogP contribution in [0.2, 0.25) is 0 Å². The fourth-order valence-electron chi connectivity index (χ4n) is 1.68. The van der Waals surface area contributed by atoms with Crippen LogP contribution in [0.1, 0.15) is 5.56 Å². The maximum Gasteiger partial charge on any atom is 0.122 e. The average Bonchev–Trinajstić information content (AvgIpc) is 2.79. The number of methoxy groups -OCH3 is 1. The van der Waals surface area contributed by atoms with Crippen LogP contribution in [0.5, 0.6) is 5.75 Å². The van der Waals surface area contributed by atoms with Crippen molar-refractivity contribution in [2.45, 2.75) is 13.0 Å². The largest absolute Gasteiger partial charge is 0.496 e. The molecule has 0 fully saturated rings. The van der Waals surface area contributed by atoms with Gasteiger partial charge in [0.05, 0.1) is 7.11 Å². The summed E-state index contributed by atoms with van der Waals surface area (Å²) in [5, 5.41) is 0. The molecule has 2 heteroatoms. The van der Waals surface area contributed by atoms with Crippen molar-refractivity contribution in [3.8, 4) is 5.75 Å². The third-order valence-electron chi connectivity index (χ3n) is 2.50. The van der Waals surface area contributed by atoms with Gasteiger partial charge in [0.2, 0.25) is 0 Å². The van der Waals surface area contributed by atoms with E-state index >= 15 is 0 Å². The molecule has 0 bridgehead atoms. The van der Waals surface area contributed by atoms with Gasteiger partial charge in [-0.3, -0.25) is 0 Å². The molecule has 1 heterocycles. The standard InChI is InChI=1S/C13H15NO/c1-15-13-7-3-2-6-12(13)8-11-14-9-4-5-10-14/h2-7,9-10H,8,11H2,1H3. The lowest BCUT2D eigenvalue weighted by Crippen LogP contribution is -2.00. The Kier molecular flexibility index (Phi) is 3.08. The summed E-state index contributed by atoms with van der Waals surface area (Å²) >= 11 is 0. The second-order valence-corrected chi connectivity index (χ2v) is 3.48. The Morgan fingerprint density at radius 3 is 2.53 bits per heavy atom. The molecule has 1 aromatic carbocycles.